The molecular formula is C30H26O6. The maximum absolute atomic E-state index is 12.2. The molecule has 4 aliphatic rings. The van der Waals surface area contributed by atoms with Crippen LogP contribution in [0.25, 0.3) is 11.1 Å². The van der Waals surface area contributed by atoms with Crippen LogP contribution in [0.4, 0.5) is 0 Å². The normalized spacial score (nSPS) is 32.1. The Morgan fingerprint density at radius 3 is 1.11 bits per heavy atom. The number of Topliss-reactive ketones (excluding diaryl/α,β-unsaturated/α-hetero) is 6. The zero-order chi connectivity index (χ0) is 25.1. The molecule has 6 atom stereocenters. The summed E-state index contributed by atoms with van der Waals surface area (Å²) in [5.74, 6) is -5.03. The van der Waals surface area contributed by atoms with Crippen molar-refractivity contribution < 1.29 is 28.8 Å². The van der Waals surface area contributed by atoms with Crippen molar-refractivity contribution in [2.45, 2.75) is 50.4 Å². The van der Waals surface area contributed by atoms with Crippen LogP contribution in [0.3, 0.4) is 0 Å². The van der Waals surface area contributed by atoms with Gasteiger partial charge in [-0.25, -0.2) is 0 Å². The average Bonchev–Trinajstić information content (AvgIpc) is 3.27. The first kappa shape index (κ1) is 22.9. The van der Waals surface area contributed by atoms with Crippen molar-refractivity contribution >= 4 is 34.7 Å². The monoisotopic (exact) mass is 482 g/mol. The number of fused-ring (bicyclic) bond motifs is 2. The number of rotatable bonds is 3. The van der Waals surface area contributed by atoms with E-state index in [1.165, 1.54) is 0 Å². The quantitative estimate of drug-likeness (QED) is 0.617. The second-order valence-electron chi connectivity index (χ2n) is 10.8. The third kappa shape index (κ3) is 3.54. The Bertz CT molecular complexity index is 1210. The molecule has 4 aliphatic carbocycles. The third-order valence-corrected chi connectivity index (χ3v) is 9.04. The molecule has 0 N–H and O–H groups in total. The predicted octanol–water partition coefficient (Wildman–Crippen LogP) is 3.80. The van der Waals surface area contributed by atoms with Crippen LogP contribution in [-0.2, 0) is 28.8 Å². The molecule has 0 heterocycles. The van der Waals surface area contributed by atoms with Gasteiger partial charge in [-0.05, 0) is 72.6 Å². The molecule has 6 unspecified atom stereocenters. The van der Waals surface area contributed by atoms with E-state index in [2.05, 4.69) is 48.5 Å². The van der Waals surface area contributed by atoms with Crippen molar-refractivity contribution in [2.24, 2.45) is 23.7 Å². The molecule has 182 valence electrons. The Balaban J connectivity index is 1.13. The number of carbonyl (C=O) groups excluding carboxylic acids is 6. The highest BCUT2D eigenvalue weighted by molar-refractivity contribution is 6.68. The molecule has 0 radical (unpaired) electrons. The summed E-state index contributed by atoms with van der Waals surface area (Å²) in [5, 5.41) is 0. The molecule has 2 aromatic rings. The second-order valence-corrected chi connectivity index (χ2v) is 10.8. The van der Waals surface area contributed by atoms with E-state index in [9.17, 15) is 28.8 Å². The van der Waals surface area contributed by atoms with Gasteiger partial charge in [0.15, 0.2) is 0 Å². The molecule has 2 aromatic carbocycles. The Morgan fingerprint density at radius 1 is 0.417 bits per heavy atom. The summed E-state index contributed by atoms with van der Waals surface area (Å²) >= 11 is 0. The van der Waals surface area contributed by atoms with E-state index < -0.39 is 58.4 Å². The molecule has 6 heteroatoms. The summed E-state index contributed by atoms with van der Waals surface area (Å²) < 4.78 is 0. The number of carbonyl (C=O) groups is 6. The van der Waals surface area contributed by atoms with Crippen LogP contribution in [0.5, 0.6) is 0 Å². The maximum Gasteiger partial charge on any atom is 0.264 e. The van der Waals surface area contributed by atoms with Crippen LogP contribution < -0.4 is 0 Å². The smallest absolute Gasteiger partial charge is 0.264 e. The van der Waals surface area contributed by atoms with Gasteiger partial charge in [-0.15, -0.1) is 0 Å². The standard InChI is InChI=1S/C30H26O6/c31-25-21-11-9-19(13-23(21)27(33)29(25)35)17-5-1-15(2-6-17)16-3-7-18(8-4-16)20-10-12-22-24(14-20)28(34)30(36)26(22)32/h1-8,19-24H,9-14H2. The van der Waals surface area contributed by atoms with E-state index >= 15 is 0 Å². The van der Waals surface area contributed by atoms with Crippen LogP contribution in [0.15, 0.2) is 48.5 Å². The van der Waals surface area contributed by atoms with Gasteiger partial charge in [0.25, 0.3) is 11.6 Å². The number of benzene rings is 2. The second kappa shape index (κ2) is 8.54. The maximum atomic E-state index is 12.2. The minimum absolute atomic E-state index is 0.164. The molecule has 6 rings (SSSR count). The molecule has 6 nitrogen and oxygen atoms in total. The Labute approximate surface area is 208 Å². The Hall–Kier alpha value is -3.54. The van der Waals surface area contributed by atoms with Crippen molar-refractivity contribution in [3.05, 3.63) is 59.7 Å². The van der Waals surface area contributed by atoms with Crippen molar-refractivity contribution in [1.29, 1.82) is 0 Å². The highest BCUT2D eigenvalue weighted by atomic mass is 16.2. The fourth-order valence-corrected chi connectivity index (χ4v) is 6.97. The molecule has 0 saturated heterocycles. The summed E-state index contributed by atoms with van der Waals surface area (Å²) in [6.07, 6.45) is 3.88. The predicted molar refractivity (Wildman–Crippen MR) is 129 cm³/mol. The first-order valence-electron chi connectivity index (χ1n) is 12.8. The molecule has 0 amide bonds. The molecule has 4 saturated carbocycles. The lowest BCUT2D eigenvalue weighted by Crippen LogP contribution is -2.26. The summed E-state index contributed by atoms with van der Waals surface area (Å²) in [6, 6.07) is 16.5. The van der Waals surface area contributed by atoms with Crippen LogP contribution in [-0.4, -0.2) is 34.7 Å². The molecule has 36 heavy (non-hydrogen) atoms. The van der Waals surface area contributed by atoms with E-state index in [4.69, 9.17) is 0 Å². The van der Waals surface area contributed by atoms with Gasteiger partial charge in [0.05, 0.1) is 0 Å². The van der Waals surface area contributed by atoms with Gasteiger partial charge >= 0.3 is 0 Å². The third-order valence-electron chi connectivity index (χ3n) is 9.04. The van der Waals surface area contributed by atoms with Gasteiger partial charge in [0, 0.05) is 23.7 Å². The molecule has 0 bridgehead atoms. The lowest BCUT2D eigenvalue weighted by molar-refractivity contribution is -0.141. The molecule has 0 aliphatic heterocycles. The molecular weight excluding hydrogens is 456 g/mol. The molecule has 0 spiro atoms. The zero-order valence-corrected chi connectivity index (χ0v) is 19.8. The summed E-state index contributed by atoms with van der Waals surface area (Å²) in [5.41, 5.74) is 4.37. The minimum Gasteiger partial charge on any atom is -0.290 e. The first-order valence-corrected chi connectivity index (χ1v) is 12.8. The fourth-order valence-electron chi connectivity index (χ4n) is 6.97. The van der Waals surface area contributed by atoms with E-state index in [1.807, 2.05) is 0 Å². The van der Waals surface area contributed by atoms with Crippen molar-refractivity contribution in [3.8, 4) is 11.1 Å². The highest BCUT2D eigenvalue weighted by Gasteiger charge is 2.52. The average molecular weight is 483 g/mol. The summed E-state index contributed by atoms with van der Waals surface area (Å²) in [7, 11) is 0. The Morgan fingerprint density at radius 2 is 0.750 bits per heavy atom. The van der Waals surface area contributed by atoms with Crippen LogP contribution in [0.1, 0.15) is 61.5 Å². The van der Waals surface area contributed by atoms with Gasteiger partial charge in [0.2, 0.25) is 23.1 Å². The largest absolute Gasteiger partial charge is 0.290 e. The van der Waals surface area contributed by atoms with E-state index in [0.717, 1.165) is 35.1 Å². The minimum atomic E-state index is -0.811. The Kier molecular flexibility index (Phi) is 5.43. The topological polar surface area (TPSA) is 102 Å². The van der Waals surface area contributed by atoms with E-state index in [-0.39, 0.29) is 11.8 Å². The van der Waals surface area contributed by atoms with Gasteiger partial charge in [0.1, 0.15) is 0 Å². The highest BCUT2D eigenvalue weighted by Crippen LogP contribution is 2.45. The van der Waals surface area contributed by atoms with Crippen LogP contribution in [0.2, 0.25) is 0 Å². The summed E-state index contributed by atoms with van der Waals surface area (Å²) in [4.78, 5) is 72.0. The fraction of sp³-hybridized carbons (Fsp3) is 0.400. The van der Waals surface area contributed by atoms with Gasteiger partial charge in [-0.1, -0.05) is 48.5 Å². The summed E-state index contributed by atoms with van der Waals surface area (Å²) in [6.45, 7) is 0. The van der Waals surface area contributed by atoms with Gasteiger partial charge in [-0.3, -0.25) is 28.8 Å². The number of hydrogen-bond donors (Lipinski definition) is 0. The van der Waals surface area contributed by atoms with E-state index in [0.29, 0.717) is 25.7 Å². The van der Waals surface area contributed by atoms with Crippen molar-refractivity contribution in [1.82, 2.24) is 0 Å². The number of ketones is 6. The van der Waals surface area contributed by atoms with Crippen LogP contribution >= 0.6 is 0 Å². The zero-order valence-electron chi connectivity index (χ0n) is 19.8. The van der Waals surface area contributed by atoms with E-state index in [1.54, 1.807) is 0 Å². The van der Waals surface area contributed by atoms with Gasteiger partial charge < -0.3 is 0 Å². The lowest BCUT2D eigenvalue weighted by Gasteiger charge is -2.30. The van der Waals surface area contributed by atoms with Crippen molar-refractivity contribution in [2.75, 3.05) is 0 Å². The molecule has 4 fully saturated rings. The first-order chi connectivity index (χ1) is 17.3. The van der Waals surface area contributed by atoms with Crippen LogP contribution in [0, 0.1) is 23.7 Å². The lowest BCUT2D eigenvalue weighted by atomic mass is 9.72. The SMILES string of the molecule is O=C1C(=O)C2CCC(c3ccc(-c4ccc(C5CCC6C(=O)C(=O)C(=O)C6C5)cc4)cc3)CC2C1=O. The number of hydrogen-bond acceptors (Lipinski definition) is 6. The van der Waals surface area contributed by atoms with Gasteiger partial charge in [-0.2, -0.15) is 0 Å². The molecule has 0 aromatic heterocycles. The van der Waals surface area contributed by atoms with Crippen molar-refractivity contribution in [3.63, 3.8) is 0 Å².